The Kier molecular flexibility index (Phi) is 8.27. The average molecular weight is 437 g/mol. The first kappa shape index (κ1) is 23.2. The topological polar surface area (TPSA) is 73.0 Å². The van der Waals surface area contributed by atoms with Gasteiger partial charge in [0.25, 0.3) is 10.2 Å². The highest BCUT2D eigenvalue weighted by Gasteiger charge is 2.36. The van der Waals surface area contributed by atoms with Crippen LogP contribution in [0, 0.1) is 5.92 Å². The number of carbonyl (C=O) groups excluding carboxylic acids is 1. The Labute approximate surface area is 181 Å². The van der Waals surface area contributed by atoms with Gasteiger partial charge < -0.3 is 5.32 Å². The maximum absolute atomic E-state index is 12.8. The molecule has 7 nitrogen and oxygen atoms in total. The first-order chi connectivity index (χ1) is 14.4. The van der Waals surface area contributed by atoms with Gasteiger partial charge in [0, 0.05) is 51.9 Å². The van der Waals surface area contributed by atoms with Gasteiger partial charge in [-0.1, -0.05) is 30.3 Å². The quantitative estimate of drug-likeness (QED) is 0.643. The second-order valence-corrected chi connectivity index (χ2v) is 10.6. The maximum atomic E-state index is 12.8. The molecule has 2 saturated heterocycles. The number of nitrogens with one attached hydrogen (secondary N) is 1. The molecule has 0 spiro atoms. The first-order valence-electron chi connectivity index (χ1n) is 11.2. The van der Waals surface area contributed by atoms with Crippen LogP contribution in [-0.2, 0) is 21.5 Å². The highest BCUT2D eigenvalue weighted by Crippen LogP contribution is 2.23. The maximum Gasteiger partial charge on any atom is 0.281 e. The molecule has 1 aromatic carbocycles. The van der Waals surface area contributed by atoms with E-state index in [2.05, 4.69) is 36.2 Å². The summed E-state index contributed by atoms with van der Waals surface area (Å²) in [4.78, 5) is 15.1. The summed E-state index contributed by atoms with van der Waals surface area (Å²) in [5.41, 5.74) is 1.26. The fourth-order valence-corrected chi connectivity index (χ4v) is 6.03. The lowest BCUT2D eigenvalue weighted by Gasteiger charge is -2.34. The molecule has 0 bridgehead atoms. The van der Waals surface area contributed by atoms with Crippen molar-refractivity contribution in [2.24, 2.45) is 5.92 Å². The zero-order chi connectivity index (χ0) is 21.6. The SMILES string of the molecule is CC(C)N(CCNC(=O)C1CCCN(S(=O)(=O)N2CCCC2)C1)Cc1ccccc1. The monoisotopic (exact) mass is 436 g/mol. The third-order valence-corrected chi connectivity index (χ3v) is 8.13. The van der Waals surface area contributed by atoms with Gasteiger partial charge in [-0.05, 0) is 45.1 Å². The molecule has 30 heavy (non-hydrogen) atoms. The van der Waals surface area contributed by atoms with Gasteiger partial charge in [-0.2, -0.15) is 17.0 Å². The second-order valence-electron chi connectivity index (χ2n) is 8.65. The number of nitrogens with zero attached hydrogens (tertiary/aromatic N) is 3. The molecule has 2 heterocycles. The number of carbonyl (C=O) groups is 1. The predicted octanol–water partition coefficient (Wildman–Crippen LogP) is 2.07. The number of benzene rings is 1. The molecule has 1 atom stereocenters. The zero-order valence-corrected chi connectivity index (χ0v) is 19.1. The van der Waals surface area contributed by atoms with Crippen LogP contribution in [0.2, 0.25) is 0 Å². The highest BCUT2D eigenvalue weighted by atomic mass is 32.2. The van der Waals surface area contributed by atoms with Crippen LogP contribution in [0.25, 0.3) is 0 Å². The van der Waals surface area contributed by atoms with Gasteiger partial charge in [0.1, 0.15) is 0 Å². The van der Waals surface area contributed by atoms with E-state index in [9.17, 15) is 13.2 Å². The molecular formula is C22H36N4O3S. The summed E-state index contributed by atoms with van der Waals surface area (Å²) in [7, 11) is -3.43. The average Bonchev–Trinajstić information content (AvgIpc) is 3.29. The molecule has 0 radical (unpaired) electrons. The predicted molar refractivity (Wildman–Crippen MR) is 119 cm³/mol. The van der Waals surface area contributed by atoms with Crippen molar-refractivity contribution in [2.45, 2.75) is 52.1 Å². The van der Waals surface area contributed by atoms with E-state index >= 15 is 0 Å². The summed E-state index contributed by atoms with van der Waals surface area (Å²) in [6.45, 7) is 8.51. The van der Waals surface area contributed by atoms with Crippen molar-refractivity contribution in [3.8, 4) is 0 Å². The summed E-state index contributed by atoms with van der Waals surface area (Å²) in [5, 5.41) is 3.05. The summed E-state index contributed by atoms with van der Waals surface area (Å²) >= 11 is 0. The molecule has 1 aromatic rings. The minimum atomic E-state index is -3.43. The molecule has 3 rings (SSSR count). The van der Waals surface area contributed by atoms with Crippen molar-refractivity contribution in [1.82, 2.24) is 18.8 Å². The molecular weight excluding hydrogens is 400 g/mol. The summed E-state index contributed by atoms with van der Waals surface area (Å²) < 4.78 is 28.7. The van der Waals surface area contributed by atoms with Crippen LogP contribution in [0.4, 0.5) is 0 Å². The van der Waals surface area contributed by atoms with E-state index in [1.807, 2.05) is 18.2 Å². The minimum Gasteiger partial charge on any atom is -0.355 e. The molecule has 0 saturated carbocycles. The van der Waals surface area contributed by atoms with Crippen LogP contribution in [0.5, 0.6) is 0 Å². The van der Waals surface area contributed by atoms with Crippen molar-refractivity contribution in [3.63, 3.8) is 0 Å². The Hall–Kier alpha value is -1.48. The Morgan fingerprint density at radius 3 is 2.43 bits per heavy atom. The standard InChI is InChI=1S/C22H36N4O3S/c1-19(2)24(17-20-9-4-3-5-10-20)16-12-23-22(27)21-11-8-15-26(18-21)30(28,29)25-13-6-7-14-25/h3-5,9-10,19,21H,6-8,11-18H2,1-2H3,(H,23,27). The van der Waals surface area contributed by atoms with Gasteiger partial charge in [-0.25, -0.2) is 0 Å². The molecule has 1 unspecified atom stereocenters. The van der Waals surface area contributed by atoms with Crippen LogP contribution in [-0.4, -0.2) is 73.1 Å². The van der Waals surface area contributed by atoms with Gasteiger partial charge in [0.15, 0.2) is 0 Å². The summed E-state index contributed by atoms with van der Waals surface area (Å²) in [6, 6.07) is 10.7. The van der Waals surface area contributed by atoms with Crippen LogP contribution in [0.15, 0.2) is 30.3 Å². The van der Waals surface area contributed by atoms with E-state index in [0.29, 0.717) is 38.8 Å². The molecule has 2 aliphatic rings. The third kappa shape index (κ3) is 6.03. The Bertz CT molecular complexity index is 779. The molecule has 1 N–H and O–H groups in total. The molecule has 8 heteroatoms. The van der Waals surface area contributed by atoms with Crippen molar-refractivity contribution in [1.29, 1.82) is 0 Å². The Morgan fingerprint density at radius 1 is 1.10 bits per heavy atom. The molecule has 168 valence electrons. The van der Waals surface area contributed by atoms with Crippen molar-refractivity contribution < 1.29 is 13.2 Å². The lowest BCUT2D eigenvalue weighted by molar-refractivity contribution is -0.126. The van der Waals surface area contributed by atoms with E-state index < -0.39 is 10.2 Å². The number of amides is 1. The lowest BCUT2D eigenvalue weighted by Crippen LogP contribution is -2.50. The van der Waals surface area contributed by atoms with E-state index in [1.165, 1.54) is 9.87 Å². The van der Waals surface area contributed by atoms with Crippen LogP contribution >= 0.6 is 0 Å². The van der Waals surface area contributed by atoms with Gasteiger partial charge >= 0.3 is 0 Å². The molecule has 2 fully saturated rings. The fraction of sp³-hybridized carbons (Fsp3) is 0.682. The molecule has 2 aliphatic heterocycles. The smallest absolute Gasteiger partial charge is 0.281 e. The summed E-state index contributed by atoms with van der Waals surface area (Å²) in [6.07, 6.45) is 3.33. The Balaban J connectivity index is 1.49. The lowest BCUT2D eigenvalue weighted by atomic mass is 9.99. The van der Waals surface area contributed by atoms with Gasteiger partial charge in [0.05, 0.1) is 5.92 Å². The molecule has 0 aliphatic carbocycles. The second kappa shape index (κ2) is 10.7. The van der Waals surface area contributed by atoms with Crippen LogP contribution in [0.3, 0.4) is 0 Å². The number of piperidine rings is 1. The van der Waals surface area contributed by atoms with Gasteiger partial charge in [-0.15, -0.1) is 0 Å². The van der Waals surface area contributed by atoms with Crippen molar-refractivity contribution in [2.75, 3.05) is 39.3 Å². The van der Waals surface area contributed by atoms with Crippen molar-refractivity contribution >= 4 is 16.1 Å². The zero-order valence-electron chi connectivity index (χ0n) is 18.3. The van der Waals surface area contributed by atoms with Crippen molar-refractivity contribution in [3.05, 3.63) is 35.9 Å². The van der Waals surface area contributed by atoms with Crippen LogP contribution < -0.4 is 5.32 Å². The number of hydrogen-bond donors (Lipinski definition) is 1. The number of hydrogen-bond acceptors (Lipinski definition) is 4. The highest BCUT2D eigenvalue weighted by molar-refractivity contribution is 7.86. The first-order valence-corrected chi connectivity index (χ1v) is 12.6. The summed E-state index contributed by atoms with van der Waals surface area (Å²) in [5.74, 6) is -0.294. The van der Waals surface area contributed by atoms with E-state index in [1.54, 1.807) is 4.31 Å². The fourth-order valence-electron chi connectivity index (χ4n) is 4.25. The van der Waals surface area contributed by atoms with Gasteiger partial charge in [-0.3, -0.25) is 9.69 Å². The largest absolute Gasteiger partial charge is 0.355 e. The third-order valence-electron chi connectivity index (χ3n) is 6.13. The minimum absolute atomic E-state index is 0.0280. The molecule has 0 aromatic heterocycles. The Morgan fingerprint density at radius 2 is 1.77 bits per heavy atom. The number of rotatable bonds is 9. The van der Waals surface area contributed by atoms with Crippen LogP contribution in [0.1, 0.15) is 45.1 Å². The van der Waals surface area contributed by atoms with E-state index in [-0.39, 0.29) is 11.8 Å². The normalized spacial score (nSPS) is 21.4. The van der Waals surface area contributed by atoms with E-state index in [0.717, 1.165) is 38.8 Å². The van der Waals surface area contributed by atoms with Gasteiger partial charge in [0.2, 0.25) is 5.91 Å². The van der Waals surface area contributed by atoms with E-state index in [4.69, 9.17) is 0 Å². The molecule has 1 amide bonds.